The SMILES string of the molecule is Clc1nc(-c2ccc(N3CCNCC3)cc2)nc2c1CCN2C[C@H]1CN(Cc2ccccc2)CCO1. The van der Waals surface area contributed by atoms with Gasteiger partial charge in [0.15, 0.2) is 5.82 Å². The molecule has 6 rings (SSSR count). The van der Waals surface area contributed by atoms with Crippen molar-refractivity contribution in [1.82, 2.24) is 20.2 Å². The number of halogens is 1. The van der Waals surface area contributed by atoms with Gasteiger partial charge in [-0.1, -0.05) is 41.9 Å². The highest BCUT2D eigenvalue weighted by Crippen LogP contribution is 2.34. The van der Waals surface area contributed by atoms with Crippen LogP contribution in [-0.4, -0.2) is 79.9 Å². The predicted octanol–water partition coefficient (Wildman–Crippen LogP) is 3.47. The first-order chi connectivity index (χ1) is 17.7. The molecule has 0 saturated carbocycles. The highest BCUT2D eigenvalue weighted by atomic mass is 35.5. The molecule has 7 nitrogen and oxygen atoms in total. The molecule has 0 amide bonds. The van der Waals surface area contributed by atoms with Crippen LogP contribution in [0.4, 0.5) is 11.5 Å². The zero-order chi connectivity index (χ0) is 24.3. The fraction of sp³-hybridized carbons (Fsp3) is 0.429. The maximum Gasteiger partial charge on any atom is 0.163 e. The maximum atomic E-state index is 6.67. The highest BCUT2D eigenvalue weighted by molar-refractivity contribution is 6.30. The van der Waals surface area contributed by atoms with Crippen molar-refractivity contribution in [2.45, 2.75) is 19.1 Å². The number of nitrogens with one attached hydrogen (secondary N) is 1. The first kappa shape index (κ1) is 23.7. The summed E-state index contributed by atoms with van der Waals surface area (Å²) in [5.41, 5.74) is 4.63. The van der Waals surface area contributed by atoms with E-state index < -0.39 is 0 Å². The summed E-state index contributed by atoms with van der Waals surface area (Å²) in [6, 6.07) is 19.2. The second-order valence-corrected chi connectivity index (χ2v) is 10.2. The van der Waals surface area contributed by atoms with Gasteiger partial charge in [0.2, 0.25) is 0 Å². The lowest BCUT2D eigenvalue weighted by Gasteiger charge is -2.35. The second kappa shape index (κ2) is 10.7. The first-order valence-corrected chi connectivity index (χ1v) is 13.4. The summed E-state index contributed by atoms with van der Waals surface area (Å²) < 4.78 is 6.17. The standard InChI is InChI=1S/C28H33ClN6O/c29-26-25-10-13-35(20-24-19-33(16-17-36-24)18-21-4-2-1-3-5-21)28(25)32-27(31-26)22-6-8-23(9-7-22)34-14-11-30-12-15-34/h1-9,24,30H,10-20H2/t24-/m1/s1. The van der Waals surface area contributed by atoms with Crippen molar-refractivity contribution in [3.63, 3.8) is 0 Å². The minimum atomic E-state index is 0.143. The molecule has 36 heavy (non-hydrogen) atoms. The van der Waals surface area contributed by atoms with Gasteiger partial charge in [0.05, 0.1) is 12.7 Å². The second-order valence-electron chi connectivity index (χ2n) is 9.83. The van der Waals surface area contributed by atoms with Gasteiger partial charge in [0.25, 0.3) is 0 Å². The molecular formula is C28H33ClN6O. The van der Waals surface area contributed by atoms with Gasteiger partial charge in [0.1, 0.15) is 11.0 Å². The van der Waals surface area contributed by atoms with Crippen molar-refractivity contribution in [1.29, 1.82) is 0 Å². The van der Waals surface area contributed by atoms with Crippen LogP contribution in [0.25, 0.3) is 11.4 Å². The number of hydrogen-bond donors (Lipinski definition) is 1. The number of benzene rings is 2. The molecule has 0 radical (unpaired) electrons. The number of piperazine rings is 1. The van der Waals surface area contributed by atoms with Crippen LogP contribution < -0.4 is 15.1 Å². The van der Waals surface area contributed by atoms with Crippen LogP contribution in [0.2, 0.25) is 5.15 Å². The molecule has 0 unspecified atom stereocenters. The monoisotopic (exact) mass is 504 g/mol. The van der Waals surface area contributed by atoms with Crippen LogP contribution in [0.3, 0.4) is 0 Å². The van der Waals surface area contributed by atoms with Crippen molar-refractivity contribution in [2.75, 3.05) is 68.8 Å². The molecule has 3 aliphatic heterocycles. The van der Waals surface area contributed by atoms with Crippen molar-refractivity contribution >= 4 is 23.1 Å². The van der Waals surface area contributed by atoms with Gasteiger partial charge < -0.3 is 19.9 Å². The zero-order valence-electron chi connectivity index (χ0n) is 20.6. The number of ether oxygens (including phenoxy) is 1. The lowest BCUT2D eigenvalue weighted by Crippen LogP contribution is -2.47. The molecule has 2 fully saturated rings. The summed E-state index contributed by atoms with van der Waals surface area (Å²) >= 11 is 6.67. The Morgan fingerprint density at radius 2 is 1.75 bits per heavy atom. The number of aromatic nitrogens is 2. The van der Waals surface area contributed by atoms with E-state index in [2.05, 4.69) is 79.6 Å². The number of nitrogens with zero attached hydrogens (tertiary/aromatic N) is 5. The summed E-state index contributed by atoms with van der Waals surface area (Å²) in [5.74, 6) is 1.65. The summed E-state index contributed by atoms with van der Waals surface area (Å²) in [6.07, 6.45) is 1.01. The van der Waals surface area contributed by atoms with E-state index in [0.717, 1.165) is 88.9 Å². The minimum absolute atomic E-state index is 0.143. The third-order valence-corrected chi connectivity index (χ3v) is 7.68. The summed E-state index contributed by atoms with van der Waals surface area (Å²) in [4.78, 5) is 16.9. The summed E-state index contributed by atoms with van der Waals surface area (Å²) in [7, 11) is 0. The Labute approximate surface area is 218 Å². The van der Waals surface area contributed by atoms with Crippen LogP contribution in [0.15, 0.2) is 54.6 Å². The molecule has 4 heterocycles. The van der Waals surface area contributed by atoms with Crippen LogP contribution in [0.1, 0.15) is 11.1 Å². The van der Waals surface area contributed by atoms with E-state index in [4.69, 9.17) is 21.3 Å². The van der Waals surface area contributed by atoms with Gasteiger partial charge in [-0.25, -0.2) is 9.97 Å². The Morgan fingerprint density at radius 3 is 2.56 bits per heavy atom. The lowest BCUT2D eigenvalue weighted by molar-refractivity contribution is -0.0267. The third kappa shape index (κ3) is 5.20. The number of morpholine rings is 1. The molecule has 0 spiro atoms. The fourth-order valence-corrected chi connectivity index (χ4v) is 5.71. The van der Waals surface area contributed by atoms with Gasteiger partial charge in [0, 0.05) is 75.7 Å². The quantitative estimate of drug-likeness (QED) is 0.516. The molecule has 1 atom stereocenters. The predicted molar refractivity (Wildman–Crippen MR) is 145 cm³/mol. The van der Waals surface area contributed by atoms with E-state index in [-0.39, 0.29) is 6.10 Å². The number of anilines is 2. The largest absolute Gasteiger partial charge is 0.374 e. The van der Waals surface area contributed by atoms with Crippen molar-refractivity contribution in [3.8, 4) is 11.4 Å². The Morgan fingerprint density at radius 1 is 0.944 bits per heavy atom. The first-order valence-electron chi connectivity index (χ1n) is 13.0. The van der Waals surface area contributed by atoms with Gasteiger partial charge in [-0.15, -0.1) is 0 Å². The molecule has 8 heteroatoms. The van der Waals surface area contributed by atoms with E-state index in [1.54, 1.807) is 0 Å². The fourth-order valence-electron chi connectivity index (χ4n) is 5.45. The van der Waals surface area contributed by atoms with E-state index in [0.29, 0.717) is 11.0 Å². The molecule has 2 saturated heterocycles. The van der Waals surface area contributed by atoms with E-state index in [1.165, 1.54) is 11.3 Å². The topological polar surface area (TPSA) is 56.8 Å². The molecule has 2 aromatic carbocycles. The minimum Gasteiger partial charge on any atom is -0.374 e. The Kier molecular flexibility index (Phi) is 7.05. The number of rotatable bonds is 6. The van der Waals surface area contributed by atoms with Gasteiger partial charge in [-0.05, 0) is 36.2 Å². The lowest BCUT2D eigenvalue weighted by atomic mass is 10.1. The van der Waals surface area contributed by atoms with E-state index in [9.17, 15) is 0 Å². The normalized spacial score (nSPS) is 20.5. The smallest absolute Gasteiger partial charge is 0.163 e. The molecule has 0 aliphatic carbocycles. The Balaban J connectivity index is 1.15. The van der Waals surface area contributed by atoms with E-state index >= 15 is 0 Å². The molecule has 3 aliphatic rings. The van der Waals surface area contributed by atoms with Crippen LogP contribution in [-0.2, 0) is 17.7 Å². The van der Waals surface area contributed by atoms with Crippen LogP contribution in [0.5, 0.6) is 0 Å². The number of fused-ring (bicyclic) bond motifs is 1. The van der Waals surface area contributed by atoms with Crippen molar-refractivity contribution in [3.05, 3.63) is 70.9 Å². The Bertz CT molecular complexity index is 1170. The highest BCUT2D eigenvalue weighted by Gasteiger charge is 2.30. The number of hydrogen-bond acceptors (Lipinski definition) is 7. The third-order valence-electron chi connectivity index (χ3n) is 7.37. The summed E-state index contributed by atoms with van der Waals surface area (Å²) in [6.45, 7) is 9.41. The van der Waals surface area contributed by atoms with Gasteiger partial charge in [-0.3, -0.25) is 4.90 Å². The maximum absolute atomic E-state index is 6.67. The van der Waals surface area contributed by atoms with Gasteiger partial charge >= 0.3 is 0 Å². The molecular weight excluding hydrogens is 472 g/mol. The van der Waals surface area contributed by atoms with Crippen LogP contribution in [0, 0.1) is 0 Å². The Hall–Kier alpha value is -2.71. The zero-order valence-corrected chi connectivity index (χ0v) is 21.3. The molecule has 1 N–H and O–H groups in total. The van der Waals surface area contributed by atoms with E-state index in [1.807, 2.05) is 0 Å². The average Bonchev–Trinajstić information content (AvgIpc) is 3.33. The van der Waals surface area contributed by atoms with Crippen molar-refractivity contribution < 1.29 is 4.74 Å². The average molecular weight is 505 g/mol. The molecule has 188 valence electrons. The molecule has 3 aromatic rings. The van der Waals surface area contributed by atoms with Gasteiger partial charge in [-0.2, -0.15) is 0 Å². The van der Waals surface area contributed by atoms with Crippen molar-refractivity contribution in [2.24, 2.45) is 0 Å². The molecule has 1 aromatic heterocycles. The van der Waals surface area contributed by atoms with Crippen LogP contribution >= 0.6 is 11.6 Å². The summed E-state index contributed by atoms with van der Waals surface area (Å²) in [5, 5.41) is 3.97. The molecule has 0 bridgehead atoms.